The van der Waals surface area contributed by atoms with E-state index in [4.69, 9.17) is 4.74 Å². The van der Waals surface area contributed by atoms with Gasteiger partial charge in [0.05, 0.1) is 15.7 Å². The number of fused-ring (bicyclic) bond motifs is 1. The van der Waals surface area contributed by atoms with E-state index in [-0.39, 0.29) is 18.5 Å². The number of carbonyl (C=O) groups excluding carboxylic acids is 2. The van der Waals surface area contributed by atoms with E-state index in [9.17, 15) is 18.4 Å². The van der Waals surface area contributed by atoms with Crippen molar-refractivity contribution in [3.63, 3.8) is 0 Å². The van der Waals surface area contributed by atoms with Crippen molar-refractivity contribution in [1.29, 1.82) is 0 Å². The number of thiazole rings is 1. The molecule has 0 aliphatic carbocycles. The number of hydrogen-bond acceptors (Lipinski definition) is 5. The summed E-state index contributed by atoms with van der Waals surface area (Å²) in [6.07, 6.45) is 0.598. The van der Waals surface area contributed by atoms with Gasteiger partial charge in [-0.3, -0.25) is 4.79 Å². The lowest BCUT2D eigenvalue weighted by Gasteiger charge is -2.28. The molecule has 0 saturated carbocycles. The van der Waals surface area contributed by atoms with Gasteiger partial charge in [-0.1, -0.05) is 6.08 Å². The van der Waals surface area contributed by atoms with E-state index in [1.807, 2.05) is 6.07 Å². The Kier molecular flexibility index (Phi) is 7.43. The number of amides is 2. The summed E-state index contributed by atoms with van der Waals surface area (Å²) in [6, 6.07) is 7.23. The SMILES string of the molecule is C=CCN(C(=O)[C@H](Cc1cc(F)cc(F)c1)NC(=O)OC(C)(C)C)c1ccc2scnc2c1. The van der Waals surface area contributed by atoms with Crippen LogP contribution in [0, 0.1) is 11.6 Å². The monoisotopic (exact) mass is 473 g/mol. The maximum atomic E-state index is 13.8. The first-order valence-corrected chi connectivity index (χ1v) is 11.1. The van der Waals surface area contributed by atoms with Crippen molar-refractivity contribution in [2.75, 3.05) is 11.4 Å². The number of nitrogens with zero attached hydrogens (tertiary/aromatic N) is 2. The van der Waals surface area contributed by atoms with Crippen LogP contribution in [0.3, 0.4) is 0 Å². The first-order chi connectivity index (χ1) is 15.6. The van der Waals surface area contributed by atoms with Crippen LogP contribution in [0.1, 0.15) is 26.3 Å². The number of halogens is 2. The molecule has 33 heavy (non-hydrogen) atoms. The molecule has 0 bridgehead atoms. The summed E-state index contributed by atoms with van der Waals surface area (Å²) in [5, 5.41) is 2.56. The molecule has 1 atom stereocenters. The number of hydrogen-bond donors (Lipinski definition) is 1. The van der Waals surface area contributed by atoms with Crippen LogP contribution < -0.4 is 10.2 Å². The van der Waals surface area contributed by atoms with Crippen LogP contribution in [0.4, 0.5) is 19.3 Å². The third kappa shape index (κ3) is 6.58. The van der Waals surface area contributed by atoms with E-state index in [1.54, 1.807) is 44.5 Å². The van der Waals surface area contributed by atoms with Crippen molar-refractivity contribution < 1.29 is 23.1 Å². The first-order valence-electron chi connectivity index (χ1n) is 10.3. The maximum absolute atomic E-state index is 13.8. The summed E-state index contributed by atoms with van der Waals surface area (Å²) in [5.41, 5.74) is 2.41. The van der Waals surface area contributed by atoms with Crippen molar-refractivity contribution in [3.05, 3.63) is 71.8 Å². The number of rotatable bonds is 7. The number of benzene rings is 2. The zero-order valence-corrected chi connectivity index (χ0v) is 19.4. The Labute approximate surface area is 194 Å². The number of anilines is 1. The number of ether oxygens (including phenoxy) is 1. The van der Waals surface area contributed by atoms with Crippen molar-refractivity contribution >= 4 is 39.2 Å². The van der Waals surface area contributed by atoms with Crippen LogP contribution in [0.5, 0.6) is 0 Å². The standard InChI is InChI=1S/C24H25F2N3O3S/c1-5-8-29(18-6-7-21-19(13-18)27-14-33-21)22(30)20(28-23(31)32-24(2,3)4)11-15-9-16(25)12-17(26)10-15/h5-7,9-10,12-14,20H,1,8,11H2,2-4H3,(H,28,31)/t20-/m0/s1. The lowest BCUT2D eigenvalue weighted by atomic mass is 10.0. The topological polar surface area (TPSA) is 71.5 Å². The van der Waals surface area contributed by atoms with E-state index in [0.29, 0.717) is 5.69 Å². The lowest BCUT2D eigenvalue weighted by molar-refractivity contribution is -0.120. The number of carbonyl (C=O) groups is 2. The second-order valence-corrected chi connectivity index (χ2v) is 9.31. The molecule has 9 heteroatoms. The fraction of sp³-hybridized carbons (Fsp3) is 0.292. The van der Waals surface area contributed by atoms with Gasteiger partial charge in [0.15, 0.2) is 0 Å². The van der Waals surface area contributed by atoms with E-state index in [1.165, 1.54) is 16.2 Å². The molecular weight excluding hydrogens is 448 g/mol. The summed E-state index contributed by atoms with van der Waals surface area (Å²) < 4.78 is 33.8. The zero-order chi connectivity index (χ0) is 24.2. The van der Waals surface area contributed by atoms with Gasteiger partial charge in [-0.2, -0.15) is 0 Å². The van der Waals surface area contributed by atoms with E-state index < -0.39 is 35.3 Å². The molecule has 1 heterocycles. The van der Waals surface area contributed by atoms with Gasteiger partial charge < -0.3 is 15.0 Å². The van der Waals surface area contributed by atoms with Crippen LogP contribution in [0.15, 0.2) is 54.6 Å². The molecule has 0 unspecified atom stereocenters. The maximum Gasteiger partial charge on any atom is 0.408 e. The third-order valence-electron chi connectivity index (χ3n) is 4.55. The third-order valence-corrected chi connectivity index (χ3v) is 5.36. The molecule has 0 spiro atoms. The first kappa shape index (κ1) is 24.3. The summed E-state index contributed by atoms with van der Waals surface area (Å²) in [5.74, 6) is -2.03. The average molecular weight is 474 g/mol. The molecule has 1 aromatic heterocycles. The number of nitrogens with one attached hydrogen (secondary N) is 1. The minimum absolute atomic E-state index is 0.140. The number of aromatic nitrogens is 1. The van der Waals surface area contributed by atoms with Gasteiger partial charge in [0.25, 0.3) is 0 Å². The molecule has 2 amide bonds. The Morgan fingerprint density at radius 1 is 1.21 bits per heavy atom. The van der Waals surface area contributed by atoms with Gasteiger partial charge in [-0.25, -0.2) is 18.6 Å². The largest absolute Gasteiger partial charge is 0.444 e. The van der Waals surface area contributed by atoms with Gasteiger partial charge in [0.1, 0.15) is 23.3 Å². The Balaban J connectivity index is 1.94. The predicted molar refractivity (Wildman–Crippen MR) is 125 cm³/mol. The van der Waals surface area contributed by atoms with E-state index in [0.717, 1.165) is 28.4 Å². The molecule has 0 fully saturated rings. The minimum Gasteiger partial charge on any atom is -0.444 e. The molecule has 0 radical (unpaired) electrons. The Morgan fingerprint density at radius 2 is 1.91 bits per heavy atom. The molecule has 6 nitrogen and oxygen atoms in total. The normalized spacial score (nSPS) is 12.3. The summed E-state index contributed by atoms with van der Waals surface area (Å²) in [7, 11) is 0. The highest BCUT2D eigenvalue weighted by molar-refractivity contribution is 7.16. The molecular formula is C24H25F2N3O3S. The summed E-state index contributed by atoms with van der Waals surface area (Å²) in [6.45, 7) is 8.95. The smallest absolute Gasteiger partial charge is 0.408 e. The van der Waals surface area contributed by atoms with Crippen LogP contribution >= 0.6 is 11.3 Å². The van der Waals surface area contributed by atoms with Crippen molar-refractivity contribution in [2.24, 2.45) is 0 Å². The quantitative estimate of drug-likeness (QED) is 0.477. The van der Waals surface area contributed by atoms with Crippen molar-refractivity contribution in [1.82, 2.24) is 10.3 Å². The van der Waals surface area contributed by atoms with Crippen LogP contribution in [-0.4, -0.2) is 35.2 Å². The fourth-order valence-electron chi connectivity index (χ4n) is 3.27. The van der Waals surface area contributed by atoms with Gasteiger partial charge in [0, 0.05) is 24.7 Å². The second-order valence-electron chi connectivity index (χ2n) is 8.42. The lowest BCUT2D eigenvalue weighted by Crippen LogP contribution is -2.51. The molecule has 3 aromatic rings. The number of alkyl carbamates (subject to hydrolysis) is 1. The summed E-state index contributed by atoms with van der Waals surface area (Å²) in [4.78, 5) is 31.8. The van der Waals surface area contributed by atoms with Gasteiger partial charge in [-0.15, -0.1) is 17.9 Å². The molecule has 0 saturated heterocycles. The molecule has 3 rings (SSSR count). The highest BCUT2D eigenvalue weighted by Gasteiger charge is 2.29. The highest BCUT2D eigenvalue weighted by atomic mass is 32.1. The van der Waals surface area contributed by atoms with E-state index in [2.05, 4.69) is 16.9 Å². The molecule has 0 aliphatic heterocycles. The van der Waals surface area contributed by atoms with Gasteiger partial charge in [-0.05, 0) is 56.7 Å². The molecule has 174 valence electrons. The van der Waals surface area contributed by atoms with Crippen molar-refractivity contribution in [2.45, 2.75) is 38.8 Å². The minimum atomic E-state index is -1.15. The fourth-order valence-corrected chi connectivity index (χ4v) is 3.93. The highest BCUT2D eigenvalue weighted by Crippen LogP contribution is 2.25. The average Bonchev–Trinajstić information content (AvgIpc) is 3.16. The van der Waals surface area contributed by atoms with Gasteiger partial charge in [0.2, 0.25) is 5.91 Å². The Hall–Kier alpha value is -3.33. The molecule has 0 aliphatic rings. The second kappa shape index (κ2) is 10.1. The Morgan fingerprint density at radius 3 is 2.55 bits per heavy atom. The van der Waals surface area contributed by atoms with Crippen LogP contribution in [0.2, 0.25) is 0 Å². The Bertz CT molecular complexity index is 1150. The van der Waals surface area contributed by atoms with Crippen LogP contribution in [0.25, 0.3) is 10.2 Å². The summed E-state index contributed by atoms with van der Waals surface area (Å²) >= 11 is 1.47. The van der Waals surface area contributed by atoms with Crippen LogP contribution in [-0.2, 0) is 16.0 Å². The van der Waals surface area contributed by atoms with E-state index >= 15 is 0 Å². The zero-order valence-electron chi connectivity index (χ0n) is 18.6. The van der Waals surface area contributed by atoms with Gasteiger partial charge >= 0.3 is 6.09 Å². The molecule has 2 aromatic carbocycles. The predicted octanol–water partition coefficient (Wildman–Crippen LogP) is 5.23. The van der Waals surface area contributed by atoms with Crippen molar-refractivity contribution in [3.8, 4) is 0 Å². The molecule has 1 N–H and O–H groups in total.